The number of benzene rings is 1. The van der Waals surface area contributed by atoms with E-state index >= 15 is 0 Å². The van der Waals surface area contributed by atoms with Crippen LogP contribution in [0.1, 0.15) is 67.1 Å². The van der Waals surface area contributed by atoms with Crippen LogP contribution in [0.25, 0.3) is 0 Å². The molecule has 10 heteroatoms. The third-order valence-corrected chi connectivity index (χ3v) is 5.51. The largest absolute Gasteiger partial charge is 0.496 e. The number of hydrogen-bond donors (Lipinski definition) is 1. The Morgan fingerprint density at radius 1 is 1.24 bits per heavy atom. The third-order valence-electron chi connectivity index (χ3n) is 5.51. The molecule has 0 radical (unpaired) electrons. The minimum absolute atomic E-state index is 0.0618. The average Bonchev–Trinajstić information content (AvgIpc) is 3.13. The van der Waals surface area contributed by atoms with Crippen LogP contribution >= 0.6 is 0 Å². The van der Waals surface area contributed by atoms with Gasteiger partial charge in [0, 0.05) is 17.5 Å². The Labute approximate surface area is 196 Å². The second-order valence-electron chi connectivity index (χ2n) is 8.55. The molecule has 0 unspecified atom stereocenters. The molecule has 1 aliphatic heterocycles. The van der Waals surface area contributed by atoms with Gasteiger partial charge in [-0.25, -0.2) is 4.79 Å². The number of carbonyl (C=O) groups excluding carboxylic acids is 3. The minimum atomic E-state index is -5.15. The van der Waals surface area contributed by atoms with Crippen molar-refractivity contribution in [2.75, 3.05) is 19.0 Å². The summed E-state index contributed by atoms with van der Waals surface area (Å²) >= 11 is 0. The van der Waals surface area contributed by atoms with E-state index in [1.54, 1.807) is 19.9 Å². The van der Waals surface area contributed by atoms with Crippen LogP contribution in [0.2, 0.25) is 0 Å². The summed E-state index contributed by atoms with van der Waals surface area (Å²) in [6.07, 6.45) is -2.05. The zero-order valence-electron chi connectivity index (χ0n) is 20.0. The maximum Gasteiger partial charge on any atom is 0.471 e. The van der Waals surface area contributed by atoms with E-state index in [1.165, 1.54) is 7.11 Å². The zero-order valence-corrected chi connectivity index (χ0v) is 20.0. The first-order valence-electron chi connectivity index (χ1n) is 11.0. The molecule has 1 amide bonds. The van der Waals surface area contributed by atoms with Gasteiger partial charge in [-0.2, -0.15) is 13.2 Å². The molecule has 34 heavy (non-hydrogen) atoms. The van der Waals surface area contributed by atoms with Gasteiger partial charge in [0.15, 0.2) is 0 Å². The van der Waals surface area contributed by atoms with Gasteiger partial charge in [-0.15, -0.1) is 0 Å². The summed E-state index contributed by atoms with van der Waals surface area (Å²) in [6, 6.07) is 0. The van der Waals surface area contributed by atoms with Crippen LogP contribution < -0.4 is 10.1 Å². The van der Waals surface area contributed by atoms with Gasteiger partial charge in [-0.05, 0) is 44.6 Å². The van der Waals surface area contributed by atoms with Crippen molar-refractivity contribution < 1.29 is 41.8 Å². The molecule has 0 saturated carbocycles. The minimum Gasteiger partial charge on any atom is -0.496 e. The number of rotatable bonds is 10. The molecule has 188 valence electrons. The third kappa shape index (κ3) is 6.74. The molecule has 1 heterocycles. The van der Waals surface area contributed by atoms with Gasteiger partial charge in [-0.3, -0.25) is 9.59 Å². The lowest BCUT2D eigenvalue weighted by molar-refractivity contribution is -0.167. The number of esters is 2. The van der Waals surface area contributed by atoms with Crippen LogP contribution in [-0.2, 0) is 32.1 Å². The lowest BCUT2D eigenvalue weighted by Gasteiger charge is -2.20. The lowest BCUT2D eigenvalue weighted by Crippen LogP contribution is -2.31. The molecule has 1 N–H and O–H groups in total. The van der Waals surface area contributed by atoms with Crippen LogP contribution in [0.15, 0.2) is 11.6 Å². The molecule has 7 nitrogen and oxygen atoms in total. The molecule has 0 bridgehead atoms. The van der Waals surface area contributed by atoms with Crippen LogP contribution in [0, 0.1) is 12.8 Å². The number of alkyl halides is 3. The molecule has 0 spiro atoms. The van der Waals surface area contributed by atoms with Crippen molar-refractivity contribution in [1.82, 2.24) is 0 Å². The second kappa shape index (κ2) is 11.4. The van der Waals surface area contributed by atoms with E-state index < -0.39 is 18.1 Å². The number of carbonyl (C=O) groups is 3. The van der Waals surface area contributed by atoms with Crippen molar-refractivity contribution in [3.63, 3.8) is 0 Å². The molecular formula is C24H30F3NO6. The molecule has 0 aliphatic carbocycles. The highest BCUT2D eigenvalue weighted by atomic mass is 19.4. The van der Waals surface area contributed by atoms with Gasteiger partial charge < -0.3 is 19.5 Å². The Morgan fingerprint density at radius 3 is 2.50 bits per heavy atom. The van der Waals surface area contributed by atoms with Crippen LogP contribution in [0.3, 0.4) is 0 Å². The molecule has 2 rings (SSSR count). The Bertz CT molecular complexity index is 982. The van der Waals surface area contributed by atoms with E-state index in [0.29, 0.717) is 30.1 Å². The molecule has 0 fully saturated rings. The summed E-state index contributed by atoms with van der Waals surface area (Å²) < 4.78 is 54.6. The van der Waals surface area contributed by atoms with Gasteiger partial charge in [0.2, 0.25) is 0 Å². The molecule has 1 aromatic rings. The van der Waals surface area contributed by atoms with Crippen molar-refractivity contribution in [3.05, 3.63) is 33.9 Å². The fraction of sp³-hybridized carbons (Fsp3) is 0.542. The average molecular weight is 485 g/mol. The quantitative estimate of drug-likeness (QED) is 0.369. The van der Waals surface area contributed by atoms with Gasteiger partial charge in [0.1, 0.15) is 12.4 Å². The number of fused-ring (bicyclic) bond motifs is 1. The molecule has 1 aliphatic rings. The van der Waals surface area contributed by atoms with E-state index in [-0.39, 0.29) is 48.0 Å². The first-order chi connectivity index (χ1) is 15.9. The summed E-state index contributed by atoms with van der Waals surface area (Å²) in [7, 11) is 1.36. The first-order valence-corrected chi connectivity index (χ1v) is 11.0. The Balaban J connectivity index is 2.30. The van der Waals surface area contributed by atoms with E-state index in [0.717, 1.165) is 12.0 Å². The highest BCUT2D eigenvalue weighted by Gasteiger charge is 2.41. The number of allylic oxidation sites excluding steroid dienone is 2. The first kappa shape index (κ1) is 27.2. The van der Waals surface area contributed by atoms with Crippen LogP contribution in [-0.4, -0.2) is 37.7 Å². The SMILES string of the molecule is COc1c(C)c2c(c(NC(=O)C(F)(F)F)c1CC=C(C)CCC(=O)OCCC(C)C)C(=O)OC2. The summed E-state index contributed by atoms with van der Waals surface area (Å²) in [4.78, 5) is 35.9. The maximum absolute atomic E-state index is 13.0. The number of halogens is 3. The fourth-order valence-electron chi connectivity index (χ4n) is 3.53. The van der Waals surface area contributed by atoms with Crippen molar-refractivity contribution in [3.8, 4) is 5.75 Å². The van der Waals surface area contributed by atoms with Crippen LogP contribution in [0.5, 0.6) is 5.75 Å². The standard InChI is InChI=1S/C24H30F3NO6/c1-13(2)10-11-33-18(29)9-7-14(3)6-8-16-20(28-23(31)24(25,26)27)19-17(12-34-22(19)30)15(4)21(16)32-5/h6,13H,7-12H2,1-5H3,(H,28,31). The number of cyclic esters (lactones) is 1. The molecule has 0 atom stereocenters. The Kier molecular flexibility index (Phi) is 9.12. The van der Waals surface area contributed by atoms with E-state index in [9.17, 15) is 27.6 Å². The topological polar surface area (TPSA) is 90.9 Å². The highest BCUT2D eigenvalue weighted by Crippen LogP contribution is 2.42. The normalized spacial score (nSPS) is 13.6. The predicted octanol–water partition coefficient (Wildman–Crippen LogP) is 5.03. The number of nitrogens with one attached hydrogen (secondary N) is 1. The van der Waals surface area contributed by atoms with Crippen LogP contribution in [0.4, 0.5) is 18.9 Å². The predicted molar refractivity (Wildman–Crippen MR) is 119 cm³/mol. The Hall–Kier alpha value is -3.04. The second-order valence-corrected chi connectivity index (χ2v) is 8.55. The summed E-state index contributed by atoms with van der Waals surface area (Å²) in [6.45, 7) is 7.72. The van der Waals surface area contributed by atoms with Gasteiger partial charge >= 0.3 is 24.0 Å². The molecule has 1 aromatic carbocycles. The molecule has 0 aromatic heterocycles. The zero-order chi connectivity index (χ0) is 25.6. The van der Waals surface area contributed by atoms with Crippen molar-refractivity contribution in [2.45, 2.75) is 66.2 Å². The summed E-state index contributed by atoms with van der Waals surface area (Å²) in [5.41, 5.74) is 1.53. The fourth-order valence-corrected chi connectivity index (χ4v) is 3.53. The Morgan fingerprint density at radius 2 is 1.91 bits per heavy atom. The molecular weight excluding hydrogens is 455 g/mol. The number of hydrogen-bond acceptors (Lipinski definition) is 6. The monoisotopic (exact) mass is 485 g/mol. The van der Waals surface area contributed by atoms with E-state index in [2.05, 4.69) is 0 Å². The summed E-state index contributed by atoms with van der Waals surface area (Å²) in [5.74, 6) is -2.67. The number of ether oxygens (including phenoxy) is 3. The summed E-state index contributed by atoms with van der Waals surface area (Å²) in [5, 5.41) is 1.84. The highest BCUT2D eigenvalue weighted by molar-refractivity contribution is 6.07. The number of anilines is 1. The van der Waals surface area contributed by atoms with Gasteiger partial charge in [0.05, 0.1) is 25.0 Å². The van der Waals surface area contributed by atoms with Gasteiger partial charge in [0.25, 0.3) is 0 Å². The smallest absolute Gasteiger partial charge is 0.471 e. The molecule has 0 saturated heterocycles. The van der Waals surface area contributed by atoms with E-state index in [1.807, 2.05) is 19.2 Å². The van der Waals surface area contributed by atoms with Crippen molar-refractivity contribution >= 4 is 23.5 Å². The maximum atomic E-state index is 13.0. The van der Waals surface area contributed by atoms with E-state index in [4.69, 9.17) is 14.2 Å². The number of methoxy groups -OCH3 is 1. The van der Waals surface area contributed by atoms with Crippen molar-refractivity contribution in [2.24, 2.45) is 5.92 Å². The lowest BCUT2D eigenvalue weighted by atomic mass is 9.93. The van der Waals surface area contributed by atoms with Gasteiger partial charge in [-0.1, -0.05) is 25.5 Å². The number of amides is 1. The van der Waals surface area contributed by atoms with Crippen molar-refractivity contribution in [1.29, 1.82) is 0 Å².